The first kappa shape index (κ1) is 12.9. The van der Waals surface area contributed by atoms with Crippen molar-refractivity contribution in [1.82, 2.24) is 10.2 Å². The molecule has 2 heteroatoms. The average molecular weight is 186 g/mol. The number of hydrogen-bond donors (Lipinski definition) is 1. The molecule has 2 nitrogen and oxygen atoms in total. The molecule has 0 spiro atoms. The van der Waals surface area contributed by atoms with Crippen LogP contribution in [0, 0.1) is 5.92 Å². The minimum atomic E-state index is 0.675. The van der Waals surface area contributed by atoms with Gasteiger partial charge in [0.1, 0.15) is 0 Å². The second-order valence-electron chi connectivity index (χ2n) is 4.09. The third-order valence-corrected chi connectivity index (χ3v) is 2.43. The van der Waals surface area contributed by atoms with E-state index in [9.17, 15) is 0 Å². The molecule has 0 amide bonds. The van der Waals surface area contributed by atoms with Crippen molar-refractivity contribution in [2.24, 2.45) is 5.92 Å². The van der Waals surface area contributed by atoms with Gasteiger partial charge in [-0.25, -0.2) is 0 Å². The van der Waals surface area contributed by atoms with Crippen molar-refractivity contribution >= 4 is 0 Å². The Balaban J connectivity index is 3.66. The van der Waals surface area contributed by atoms with Crippen molar-refractivity contribution in [2.45, 2.75) is 40.7 Å². The van der Waals surface area contributed by atoms with E-state index in [1.807, 2.05) is 0 Å². The van der Waals surface area contributed by atoms with Gasteiger partial charge in [-0.2, -0.15) is 0 Å². The molecule has 0 aromatic rings. The first-order valence-electron chi connectivity index (χ1n) is 5.56. The first-order valence-corrected chi connectivity index (χ1v) is 5.56. The summed E-state index contributed by atoms with van der Waals surface area (Å²) in [6, 6.07) is 0.675. The lowest BCUT2D eigenvalue weighted by atomic mass is 10.1. The molecular weight excluding hydrogens is 160 g/mol. The Kier molecular flexibility index (Phi) is 7.29. The van der Waals surface area contributed by atoms with E-state index in [2.05, 4.69) is 44.8 Å². The van der Waals surface area contributed by atoms with Crippen molar-refractivity contribution in [2.75, 3.05) is 26.2 Å². The molecule has 80 valence electrons. The highest BCUT2D eigenvalue weighted by Gasteiger charge is 2.10. The van der Waals surface area contributed by atoms with Gasteiger partial charge in [-0.1, -0.05) is 20.8 Å². The summed E-state index contributed by atoms with van der Waals surface area (Å²) in [4.78, 5) is 2.52. The summed E-state index contributed by atoms with van der Waals surface area (Å²) in [5, 5.41) is 3.39. The third-order valence-electron chi connectivity index (χ3n) is 2.43. The molecule has 0 aliphatic carbocycles. The van der Waals surface area contributed by atoms with E-state index in [1.54, 1.807) is 0 Å². The summed E-state index contributed by atoms with van der Waals surface area (Å²) in [6.07, 6.45) is 0. The van der Waals surface area contributed by atoms with Crippen molar-refractivity contribution in [1.29, 1.82) is 0 Å². The predicted octanol–water partition coefficient (Wildman–Crippen LogP) is 1.96. The fourth-order valence-electron chi connectivity index (χ4n) is 1.56. The van der Waals surface area contributed by atoms with E-state index in [0.717, 1.165) is 25.6 Å². The molecule has 1 atom stereocenters. The standard InChI is InChI=1S/C11H26N2/c1-6-12-8-11(5)9-13(7-2)10(3)4/h10-12H,6-9H2,1-5H3. The van der Waals surface area contributed by atoms with Crippen LogP contribution < -0.4 is 5.32 Å². The minimum absolute atomic E-state index is 0.675. The van der Waals surface area contributed by atoms with Gasteiger partial charge < -0.3 is 10.2 Å². The van der Waals surface area contributed by atoms with Crippen LogP contribution in [0.15, 0.2) is 0 Å². The molecule has 0 saturated heterocycles. The normalized spacial score (nSPS) is 14.1. The summed E-state index contributed by atoms with van der Waals surface area (Å²) in [6.45, 7) is 15.8. The summed E-state index contributed by atoms with van der Waals surface area (Å²) in [5.41, 5.74) is 0. The lowest BCUT2D eigenvalue weighted by Crippen LogP contribution is -2.37. The highest BCUT2D eigenvalue weighted by atomic mass is 15.1. The number of nitrogens with one attached hydrogen (secondary N) is 1. The van der Waals surface area contributed by atoms with E-state index in [0.29, 0.717) is 6.04 Å². The Bertz CT molecular complexity index is 113. The molecule has 0 rings (SSSR count). The van der Waals surface area contributed by atoms with Crippen LogP contribution in [0.3, 0.4) is 0 Å². The molecular formula is C11H26N2. The van der Waals surface area contributed by atoms with E-state index in [1.165, 1.54) is 6.54 Å². The lowest BCUT2D eigenvalue weighted by Gasteiger charge is -2.28. The average Bonchev–Trinajstić information content (AvgIpc) is 2.10. The zero-order valence-electron chi connectivity index (χ0n) is 9.93. The summed E-state index contributed by atoms with van der Waals surface area (Å²) in [5.74, 6) is 0.752. The third kappa shape index (κ3) is 6.05. The number of hydrogen-bond acceptors (Lipinski definition) is 2. The Morgan fingerprint density at radius 3 is 2.15 bits per heavy atom. The monoisotopic (exact) mass is 186 g/mol. The molecule has 0 heterocycles. The molecule has 0 aromatic carbocycles. The first-order chi connectivity index (χ1) is 6.11. The number of nitrogens with zero attached hydrogens (tertiary/aromatic N) is 1. The summed E-state index contributed by atoms with van der Waals surface area (Å²) in [7, 11) is 0. The highest BCUT2D eigenvalue weighted by Crippen LogP contribution is 2.03. The van der Waals surface area contributed by atoms with Crippen LogP contribution in [0.25, 0.3) is 0 Å². The van der Waals surface area contributed by atoms with Gasteiger partial charge in [0.25, 0.3) is 0 Å². The zero-order valence-corrected chi connectivity index (χ0v) is 9.93. The zero-order chi connectivity index (χ0) is 10.3. The van der Waals surface area contributed by atoms with Gasteiger partial charge >= 0.3 is 0 Å². The fourth-order valence-corrected chi connectivity index (χ4v) is 1.56. The SMILES string of the molecule is CCNCC(C)CN(CC)C(C)C. The van der Waals surface area contributed by atoms with Crippen LogP contribution in [-0.2, 0) is 0 Å². The molecule has 1 unspecified atom stereocenters. The van der Waals surface area contributed by atoms with Gasteiger partial charge in [0.05, 0.1) is 0 Å². The Labute approximate surface area is 83.7 Å². The van der Waals surface area contributed by atoms with Gasteiger partial charge in [0, 0.05) is 12.6 Å². The minimum Gasteiger partial charge on any atom is -0.317 e. The quantitative estimate of drug-likeness (QED) is 0.654. The molecule has 0 aromatic heterocycles. The number of rotatable bonds is 7. The molecule has 1 N–H and O–H groups in total. The van der Waals surface area contributed by atoms with Crippen LogP contribution in [0.2, 0.25) is 0 Å². The summed E-state index contributed by atoms with van der Waals surface area (Å²) >= 11 is 0. The topological polar surface area (TPSA) is 15.3 Å². The Morgan fingerprint density at radius 2 is 1.77 bits per heavy atom. The van der Waals surface area contributed by atoms with Crippen LogP contribution in [0.4, 0.5) is 0 Å². The maximum absolute atomic E-state index is 3.39. The predicted molar refractivity (Wildman–Crippen MR) is 60.1 cm³/mol. The molecule has 0 fully saturated rings. The molecule has 0 radical (unpaired) electrons. The van der Waals surface area contributed by atoms with Gasteiger partial charge in [0.15, 0.2) is 0 Å². The second-order valence-corrected chi connectivity index (χ2v) is 4.09. The smallest absolute Gasteiger partial charge is 0.00385 e. The Morgan fingerprint density at radius 1 is 1.15 bits per heavy atom. The van der Waals surface area contributed by atoms with Gasteiger partial charge in [-0.15, -0.1) is 0 Å². The van der Waals surface area contributed by atoms with E-state index >= 15 is 0 Å². The van der Waals surface area contributed by atoms with Gasteiger partial charge in [-0.05, 0) is 39.4 Å². The molecule has 0 aliphatic rings. The largest absolute Gasteiger partial charge is 0.317 e. The van der Waals surface area contributed by atoms with Crippen LogP contribution in [-0.4, -0.2) is 37.1 Å². The van der Waals surface area contributed by atoms with Gasteiger partial charge in [0.2, 0.25) is 0 Å². The van der Waals surface area contributed by atoms with Crippen molar-refractivity contribution in [3.05, 3.63) is 0 Å². The van der Waals surface area contributed by atoms with Crippen molar-refractivity contribution in [3.8, 4) is 0 Å². The molecule has 13 heavy (non-hydrogen) atoms. The summed E-state index contributed by atoms with van der Waals surface area (Å²) < 4.78 is 0. The molecule has 0 aliphatic heterocycles. The fraction of sp³-hybridized carbons (Fsp3) is 1.00. The van der Waals surface area contributed by atoms with Crippen LogP contribution in [0.1, 0.15) is 34.6 Å². The van der Waals surface area contributed by atoms with Gasteiger partial charge in [-0.3, -0.25) is 0 Å². The van der Waals surface area contributed by atoms with Crippen LogP contribution >= 0.6 is 0 Å². The molecule has 0 saturated carbocycles. The van der Waals surface area contributed by atoms with Crippen molar-refractivity contribution < 1.29 is 0 Å². The van der Waals surface area contributed by atoms with E-state index in [4.69, 9.17) is 0 Å². The highest BCUT2D eigenvalue weighted by molar-refractivity contribution is 4.66. The van der Waals surface area contributed by atoms with Crippen molar-refractivity contribution in [3.63, 3.8) is 0 Å². The van der Waals surface area contributed by atoms with Crippen LogP contribution in [0.5, 0.6) is 0 Å². The molecule has 0 bridgehead atoms. The Hall–Kier alpha value is -0.0800. The maximum atomic E-state index is 3.39. The van der Waals surface area contributed by atoms with E-state index < -0.39 is 0 Å². The lowest BCUT2D eigenvalue weighted by molar-refractivity contribution is 0.201. The second kappa shape index (κ2) is 7.34. The van der Waals surface area contributed by atoms with E-state index in [-0.39, 0.29) is 0 Å². The maximum Gasteiger partial charge on any atom is 0.00385 e.